The fourth-order valence-corrected chi connectivity index (χ4v) is 11.3. The maximum Gasteiger partial charge on any atom is 0.143 e. The van der Waals surface area contributed by atoms with Gasteiger partial charge in [-0.1, -0.05) is 194 Å². The Morgan fingerprint density at radius 2 is 0.972 bits per heavy atom. The zero-order valence-electron chi connectivity index (χ0n) is 39.0. The van der Waals surface area contributed by atoms with E-state index in [1.807, 2.05) is 12.1 Å². The molecule has 1 aliphatic carbocycles. The SMILES string of the molecule is C1=Cc2c(N(c3ccc(-c4cccc(-c5cccc6c5oc5ccccc56)c4)cc3)c3ccc(-c4ccc(-c5ccccc5)cc4-n4c5ccccc5c5ccccc54)cc3)cc3ccccc3c2CC1. The van der Waals surface area contributed by atoms with Gasteiger partial charge in [-0.3, -0.25) is 0 Å². The Kier molecular flexibility index (Phi) is 9.67. The van der Waals surface area contributed by atoms with Crippen LogP contribution in [0.4, 0.5) is 17.1 Å². The van der Waals surface area contributed by atoms with E-state index >= 15 is 0 Å². The highest BCUT2D eigenvalue weighted by atomic mass is 16.3. The number of benzene rings is 11. The van der Waals surface area contributed by atoms with E-state index in [9.17, 15) is 0 Å². The quantitative estimate of drug-likeness (QED) is 0.151. The predicted octanol–water partition coefficient (Wildman–Crippen LogP) is 18.9. The van der Waals surface area contributed by atoms with E-state index in [0.717, 1.165) is 79.7 Å². The number of aryl methyl sites for hydroxylation is 1. The number of anilines is 3. The van der Waals surface area contributed by atoms with E-state index in [2.05, 4.69) is 252 Å². The van der Waals surface area contributed by atoms with Crippen molar-refractivity contribution in [1.29, 1.82) is 0 Å². The van der Waals surface area contributed by atoms with Crippen LogP contribution in [0.5, 0.6) is 0 Å². The predicted molar refractivity (Wildman–Crippen MR) is 299 cm³/mol. The topological polar surface area (TPSA) is 21.3 Å². The molecular weight excluding hydrogens is 861 g/mol. The van der Waals surface area contributed by atoms with Gasteiger partial charge in [0.2, 0.25) is 0 Å². The highest BCUT2D eigenvalue weighted by Gasteiger charge is 2.23. The average molecular weight is 907 g/mol. The molecule has 0 saturated heterocycles. The third kappa shape index (κ3) is 6.89. The molecule has 0 fully saturated rings. The van der Waals surface area contributed by atoms with Crippen LogP contribution < -0.4 is 4.90 Å². The van der Waals surface area contributed by atoms with Crippen molar-refractivity contribution < 1.29 is 4.42 Å². The van der Waals surface area contributed by atoms with Crippen molar-refractivity contribution in [1.82, 2.24) is 4.57 Å². The van der Waals surface area contributed by atoms with Gasteiger partial charge in [-0.05, 0) is 123 Å². The second-order valence-corrected chi connectivity index (χ2v) is 18.7. The number of allylic oxidation sites excluding steroid dienone is 1. The molecule has 3 heteroatoms. The fourth-order valence-electron chi connectivity index (χ4n) is 11.3. The molecule has 0 atom stereocenters. The molecule has 1 aliphatic rings. The van der Waals surface area contributed by atoms with Crippen molar-refractivity contribution in [3.05, 3.63) is 260 Å². The second-order valence-electron chi connectivity index (χ2n) is 18.7. The smallest absolute Gasteiger partial charge is 0.143 e. The first-order chi connectivity index (χ1) is 35.2. The maximum atomic E-state index is 6.47. The summed E-state index contributed by atoms with van der Waals surface area (Å²) in [4.78, 5) is 2.46. The Morgan fingerprint density at radius 3 is 1.75 bits per heavy atom. The lowest BCUT2D eigenvalue weighted by atomic mass is 9.89. The minimum atomic E-state index is 0.908. The van der Waals surface area contributed by atoms with Gasteiger partial charge in [0.05, 0.1) is 22.4 Å². The second kappa shape index (κ2) is 16.8. The van der Waals surface area contributed by atoms with Gasteiger partial charge in [0.25, 0.3) is 0 Å². The molecule has 13 aromatic rings. The summed E-state index contributed by atoms with van der Waals surface area (Å²) >= 11 is 0. The number of para-hydroxylation sites is 4. The van der Waals surface area contributed by atoms with Gasteiger partial charge in [0.15, 0.2) is 0 Å². The molecule has 14 rings (SSSR count). The Hall–Kier alpha value is -9.18. The summed E-state index contributed by atoms with van der Waals surface area (Å²) in [5.74, 6) is 0. The van der Waals surface area contributed by atoms with E-state index in [0.29, 0.717) is 0 Å². The lowest BCUT2D eigenvalue weighted by Gasteiger charge is -2.30. The molecule has 11 aromatic carbocycles. The van der Waals surface area contributed by atoms with Gasteiger partial charge in [-0.2, -0.15) is 0 Å². The van der Waals surface area contributed by atoms with Crippen LogP contribution in [0, 0.1) is 0 Å². The molecular formula is C68H46N2O. The van der Waals surface area contributed by atoms with Gasteiger partial charge in [-0.15, -0.1) is 0 Å². The van der Waals surface area contributed by atoms with Crippen molar-refractivity contribution in [2.75, 3.05) is 4.90 Å². The molecule has 0 aliphatic heterocycles. The Morgan fingerprint density at radius 1 is 0.394 bits per heavy atom. The Labute approximate surface area is 412 Å². The summed E-state index contributed by atoms with van der Waals surface area (Å²) < 4.78 is 8.93. The molecule has 0 bridgehead atoms. The van der Waals surface area contributed by atoms with Gasteiger partial charge in [-0.25, -0.2) is 0 Å². The number of furan rings is 1. The van der Waals surface area contributed by atoms with Crippen LogP contribution in [-0.4, -0.2) is 4.57 Å². The fraction of sp³-hybridized carbons (Fsp3) is 0.0294. The summed E-state index contributed by atoms with van der Waals surface area (Å²) in [5.41, 5.74) is 20.6. The van der Waals surface area contributed by atoms with E-state index in [1.54, 1.807) is 0 Å². The largest absolute Gasteiger partial charge is 0.455 e. The summed E-state index contributed by atoms with van der Waals surface area (Å²) in [5, 5.41) is 7.35. The van der Waals surface area contributed by atoms with Crippen LogP contribution in [0.1, 0.15) is 17.5 Å². The van der Waals surface area contributed by atoms with Crippen LogP contribution in [0.25, 0.3) is 111 Å². The molecule has 0 radical (unpaired) electrons. The third-order valence-corrected chi connectivity index (χ3v) is 14.7. The van der Waals surface area contributed by atoms with Crippen molar-refractivity contribution in [3.63, 3.8) is 0 Å². The standard InChI is InChI=1S/C68H46N2O/c1-2-16-45(17-3-1)49-36-41-55(65(43-49)70-63-29-11-8-24-59(63)60-25-9-12-30-64(60)70)47-34-39-53(40-35-47)69(66-44-51-18-4-5-21-54(51)57-22-6-7-23-58(57)66)52-37-32-46(33-38-52)48-19-14-20-50(42-48)56-27-15-28-62-61-26-10-13-31-67(61)71-68(56)62/h1-5,7-21,23-44H,6,22H2. The number of fused-ring (bicyclic) bond motifs is 9. The molecule has 0 unspecified atom stereocenters. The minimum Gasteiger partial charge on any atom is -0.455 e. The van der Waals surface area contributed by atoms with E-state index in [1.165, 1.54) is 66.1 Å². The molecule has 334 valence electrons. The lowest BCUT2D eigenvalue weighted by molar-refractivity contribution is 0.670. The maximum absolute atomic E-state index is 6.47. The molecule has 3 nitrogen and oxygen atoms in total. The third-order valence-electron chi connectivity index (χ3n) is 14.7. The monoisotopic (exact) mass is 906 g/mol. The first-order valence-corrected chi connectivity index (χ1v) is 24.6. The normalized spacial score (nSPS) is 12.3. The van der Waals surface area contributed by atoms with Crippen molar-refractivity contribution in [2.24, 2.45) is 0 Å². The van der Waals surface area contributed by atoms with Crippen LogP contribution >= 0.6 is 0 Å². The zero-order valence-corrected chi connectivity index (χ0v) is 39.0. The van der Waals surface area contributed by atoms with Crippen molar-refractivity contribution in [3.8, 4) is 50.2 Å². The number of aromatic nitrogens is 1. The highest BCUT2D eigenvalue weighted by Crippen LogP contribution is 2.45. The zero-order chi connectivity index (χ0) is 46.8. The summed E-state index contributed by atoms with van der Waals surface area (Å²) in [6.07, 6.45) is 6.72. The molecule has 0 N–H and O–H groups in total. The molecule has 0 saturated carbocycles. The van der Waals surface area contributed by atoms with Crippen LogP contribution in [0.3, 0.4) is 0 Å². The lowest BCUT2D eigenvalue weighted by Crippen LogP contribution is -2.13. The average Bonchev–Trinajstić information content (AvgIpc) is 4.00. The van der Waals surface area contributed by atoms with Gasteiger partial charge < -0.3 is 13.9 Å². The van der Waals surface area contributed by atoms with Crippen molar-refractivity contribution in [2.45, 2.75) is 12.8 Å². The summed E-state index contributed by atoms with van der Waals surface area (Å²) in [7, 11) is 0. The number of hydrogen-bond acceptors (Lipinski definition) is 2. The van der Waals surface area contributed by atoms with Gasteiger partial charge in [0, 0.05) is 49.6 Å². The number of nitrogens with zero attached hydrogens (tertiary/aromatic N) is 2. The van der Waals surface area contributed by atoms with Gasteiger partial charge >= 0.3 is 0 Å². The molecule has 0 spiro atoms. The molecule has 0 amide bonds. The highest BCUT2D eigenvalue weighted by molar-refractivity contribution is 6.11. The molecule has 2 heterocycles. The number of hydrogen-bond donors (Lipinski definition) is 0. The van der Waals surface area contributed by atoms with E-state index < -0.39 is 0 Å². The minimum absolute atomic E-state index is 0.908. The number of rotatable bonds is 8. The first-order valence-electron chi connectivity index (χ1n) is 24.6. The van der Waals surface area contributed by atoms with Crippen LogP contribution in [-0.2, 0) is 6.42 Å². The van der Waals surface area contributed by atoms with Crippen molar-refractivity contribution >= 4 is 77.7 Å². The van der Waals surface area contributed by atoms with Crippen LogP contribution in [0.15, 0.2) is 253 Å². The Bertz CT molecular complexity index is 4160. The van der Waals surface area contributed by atoms with Crippen LogP contribution in [0.2, 0.25) is 0 Å². The van der Waals surface area contributed by atoms with Gasteiger partial charge in [0.1, 0.15) is 11.2 Å². The van der Waals surface area contributed by atoms with E-state index in [-0.39, 0.29) is 0 Å². The molecule has 71 heavy (non-hydrogen) atoms. The first kappa shape index (κ1) is 40.8. The van der Waals surface area contributed by atoms with E-state index in [4.69, 9.17) is 4.42 Å². The summed E-state index contributed by atoms with van der Waals surface area (Å²) in [6, 6.07) is 88.4. The summed E-state index contributed by atoms with van der Waals surface area (Å²) in [6.45, 7) is 0. The Balaban J connectivity index is 0.899. The molecule has 2 aromatic heterocycles.